The molecule has 0 aliphatic heterocycles. The molecule has 0 saturated heterocycles. The third kappa shape index (κ3) is 3.00. The molecule has 24 heavy (non-hydrogen) atoms. The first-order chi connectivity index (χ1) is 11.7. The molecule has 1 fully saturated rings. The van der Waals surface area contributed by atoms with Gasteiger partial charge in [0, 0.05) is 28.5 Å². The number of non-ortho nitro benzene ring substituents is 1. The molecule has 7 nitrogen and oxygen atoms in total. The molecule has 1 aliphatic rings. The molecule has 3 aromatic rings. The molecule has 0 atom stereocenters. The van der Waals surface area contributed by atoms with Crippen LogP contribution < -0.4 is 4.74 Å². The second kappa shape index (κ2) is 6.04. The van der Waals surface area contributed by atoms with Crippen molar-refractivity contribution >= 4 is 17.0 Å². The van der Waals surface area contributed by atoms with Crippen LogP contribution in [0.3, 0.4) is 0 Å². The van der Waals surface area contributed by atoms with E-state index in [9.17, 15) is 10.1 Å². The maximum Gasteiger partial charge on any atom is 0.270 e. The molecule has 2 heterocycles. The van der Waals surface area contributed by atoms with Crippen molar-refractivity contribution in [2.24, 2.45) is 0 Å². The number of benzene rings is 1. The van der Waals surface area contributed by atoms with Crippen molar-refractivity contribution < 1.29 is 14.1 Å². The Morgan fingerprint density at radius 3 is 2.92 bits per heavy atom. The first-order valence-corrected chi connectivity index (χ1v) is 8.36. The number of nitro groups is 1. The fourth-order valence-corrected chi connectivity index (χ4v) is 3.09. The SMILES string of the molecule is O=[N+]([O-])c1ccc(OCc2nnc(C3CC3)o2)c(-c2cccs2)c1. The Balaban J connectivity index is 1.57. The molecule has 1 aromatic carbocycles. The van der Waals surface area contributed by atoms with Crippen molar-refractivity contribution in [1.29, 1.82) is 0 Å². The van der Waals surface area contributed by atoms with Crippen molar-refractivity contribution in [3.05, 3.63) is 57.6 Å². The third-order valence-electron chi connectivity index (χ3n) is 3.72. The van der Waals surface area contributed by atoms with Gasteiger partial charge in [0.15, 0.2) is 6.61 Å². The van der Waals surface area contributed by atoms with Crippen LogP contribution in [-0.2, 0) is 6.61 Å². The van der Waals surface area contributed by atoms with E-state index in [1.807, 2.05) is 17.5 Å². The first-order valence-electron chi connectivity index (χ1n) is 7.48. The van der Waals surface area contributed by atoms with E-state index in [0.717, 1.165) is 17.7 Å². The molecular weight excluding hydrogens is 330 g/mol. The van der Waals surface area contributed by atoms with E-state index in [1.165, 1.54) is 23.5 Å². The Bertz CT molecular complexity index is 871. The van der Waals surface area contributed by atoms with Gasteiger partial charge in [-0.3, -0.25) is 10.1 Å². The summed E-state index contributed by atoms with van der Waals surface area (Å²) in [6.07, 6.45) is 2.18. The van der Waals surface area contributed by atoms with Gasteiger partial charge < -0.3 is 9.15 Å². The quantitative estimate of drug-likeness (QED) is 0.493. The summed E-state index contributed by atoms with van der Waals surface area (Å²) < 4.78 is 11.4. The van der Waals surface area contributed by atoms with Crippen LogP contribution in [0.1, 0.15) is 30.5 Å². The van der Waals surface area contributed by atoms with Gasteiger partial charge in [0.25, 0.3) is 11.6 Å². The summed E-state index contributed by atoms with van der Waals surface area (Å²) in [5.41, 5.74) is 0.709. The van der Waals surface area contributed by atoms with Gasteiger partial charge in [0.2, 0.25) is 5.89 Å². The van der Waals surface area contributed by atoms with E-state index in [1.54, 1.807) is 6.07 Å². The minimum Gasteiger partial charge on any atom is -0.483 e. The zero-order valence-electron chi connectivity index (χ0n) is 12.5. The van der Waals surface area contributed by atoms with Crippen LogP contribution in [0.4, 0.5) is 5.69 Å². The molecule has 0 N–H and O–H groups in total. The number of thiophene rings is 1. The number of ether oxygens (including phenoxy) is 1. The first kappa shape index (κ1) is 14.8. The van der Waals surface area contributed by atoms with Gasteiger partial charge >= 0.3 is 0 Å². The Kier molecular flexibility index (Phi) is 3.73. The van der Waals surface area contributed by atoms with Crippen LogP contribution in [0.2, 0.25) is 0 Å². The van der Waals surface area contributed by atoms with Crippen LogP contribution in [-0.4, -0.2) is 15.1 Å². The number of aromatic nitrogens is 2. The lowest BCUT2D eigenvalue weighted by molar-refractivity contribution is -0.384. The highest BCUT2D eigenvalue weighted by atomic mass is 32.1. The lowest BCUT2D eigenvalue weighted by Crippen LogP contribution is -1.98. The molecular formula is C16H13N3O4S. The van der Waals surface area contributed by atoms with Crippen molar-refractivity contribution in [3.8, 4) is 16.2 Å². The van der Waals surface area contributed by atoms with Gasteiger partial charge in [0.05, 0.1) is 4.92 Å². The molecule has 0 radical (unpaired) electrons. The van der Waals surface area contributed by atoms with E-state index >= 15 is 0 Å². The Morgan fingerprint density at radius 1 is 1.33 bits per heavy atom. The predicted octanol–water partition coefficient (Wildman–Crippen LogP) is 4.16. The highest BCUT2D eigenvalue weighted by molar-refractivity contribution is 7.13. The largest absolute Gasteiger partial charge is 0.483 e. The fraction of sp³-hybridized carbons (Fsp3) is 0.250. The monoisotopic (exact) mass is 343 g/mol. The maximum atomic E-state index is 11.0. The summed E-state index contributed by atoms with van der Waals surface area (Å²) in [6, 6.07) is 8.34. The van der Waals surface area contributed by atoms with Crippen LogP contribution in [0.15, 0.2) is 40.1 Å². The van der Waals surface area contributed by atoms with Crippen molar-refractivity contribution in [3.63, 3.8) is 0 Å². The summed E-state index contributed by atoms with van der Waals surface area (Å²) in [5, 5.41) is 20.9. The predicted molar refractivity (Wildman–Crippen MR) is 87.0 cm³/mol. The second-order valence-corrected chi connectivity index (χ2v) is 6.46. The number of nitro benzene ring substituents is 1. The smallest absolute Gasteiger partial charge is 0.270 e. The molecule has 0 amide bonds. The zero-order valence-corrected chi connectivity index (χ0v) is 13.4. The Hall–Kier alpha value is -2.74. The fourth-order valence-electron chi connectivity index (χ4n) is 2.34. The molecule has 1 aliphatic carbocycles. The van der Waals surface area contributed by atoms with E-state index in [0.29, 0.717) is 29.0 Å². The van der Waals surface area contributed by atoms with Gasteiger partial charge in [-0.25, -0.2) is 0 Å². The molecule has 0 bridgehead atoms. The summed E-state index contributed by atoms with van der Waals surface area (Å²) in [5.74, 6) is 2.02. The van der Waals surface area contributed by atoms with Gasteiger partial charge in [-0.2, -0.15) is 0 Å². The highest BCUT2D eigenvalue weighted by Crippen LogP contribution is 2.39. The van der Waals surface area contributed by atoms with Gasteiger partial charge in [-0.1, -0.05) is 6.07 Å². The van der Waals surface area contributed by atoms with Crippen molar-refractivity contribution in [2.45, 2.75) is 25.4 Å². The van der Waals surface area contributed by atoms with Gasteiger partial charge in [-0.15, -0.1) is 21.5 Å². The summed E-state index contributed by atoms with van der Waals surface area (Å²) in [4.78, 5) is 11.5. The maximum absolute atomic E-state index is 11.0. The minimum absolute atomic E-state index is 0.0274. The van der Waals surface area contributed by atoms with E-state index in [2.05, 4.69) is 10.2 Å². The van der Waals surface area contributed by atoms with E-state index in [4.69, 9.17) is 9.15 Å². The number of nitrogens with zero attached hydrogens (tertiary/aromatic N) is 3. The Morgan fingerprint density at radius 2 is 2.21 bits per heavy atom. The summed E-state index contributed by atoms with van der Waals surface area (Å²) in [7, 11) is 0. The van der Waals surface area contributed by atoms with Crippen molar-refractivity contribution in [2.75, 3.05) is 0 Å². The van der Waals surface area contributed by atoms with Crippen molar-refractivity contribution in [1.82, 2.24) is 10.2 Å². The molecule has 0 spiro atoms. The average molecular weight is 343 g/mol. The van der Waals surface area contributed by atoms with Crippen LogP contribution in [0.25, 0.3) is 10.4 Å². The highest BCUT2D eigenvalue weighted by Gasteiger charge is 2.29. The number of hydrogen-bond acceptors (Lipinski definition) is 7. The van der Waals surface area contributed by atoms with Crippen LogP contribution in [0.5, 0.6) is 5.75 Å². The number of rotatable bonds is 6. The topological polar surface area (TPSA) is 91.3 Å². The normalized spacial score (nSPS) is 13.8. The van der Waals surface area contributed by atoms with Crippen LogP contribution in [0, 0.1) is 10.1 Å². The lowest BCUT2D eigenvalue weighted by atomic mass is 10.1. The van der Waals surface area contributed by atoms with Gasteiger partial charge in [0.1, 0.15) is 5.75 Å². The zero-order chi connectivity index (χ0) is 16.5. The average Bonchev–Trinajstić information content (AvgIpc) is 3.11. The molecule has 8 heteroatoms. The standard InChI is InChI=1S/C16H13N3O4S/c20-19(21)11-5-6-13(12(8-11)14-2-1-7-24-14)22-9-15-17-18-16(23-15)10-3-4-10/h1-2,5-8,10H,3-4,9H2. The second-order valence-electron chi connectivity index (χ2n) is 5.51. The Labute approximate surface area is 141 Å². The third-order valence-corrected chi connectivity index (χ3v) is 4.62. The summed E-state index contributed by atoms with van der Waals surface area (Å²) >= 11 is 1.49. The lowest BCUT2D eigenvalue weighted by Gasteiger charge is -2.08. The van der Waals surface area contributed by atoms with Gasteiger partial charge in [-0.05, 0) is 30.4 Å². The van der Waals surface area contributed by atoms with Crippen LogP contribution >= 0.6 is 11.3 Å². The molecule has 4 rings (SSSR count). The van der Waals surface area contributed by atoms with E-state index < -0.39 is 4.92 Å². The summed E-state index contributed by atoms with van der Waals surface area (Å²) in [6.45, 7) is 0.135. The molecule has 122 valence electrons. The molecule has 0 unspecified atom stereocenters. The minimum atomic E-state index is -0.416. The molecule has 1 saturated carbocycles. The van der Waals surface area contributed by atoms with E-state index in [-0.39, 0.29) is 12.3 Å². The number of hydrogen-bond donors (Lipinski definition) is 0. The molecule has 2 aromatic heterocycles.